The Morgan fingerprint density at radius 1 is 0.667 bits per heavy atom. The average Bonchev–Trinajstić information content (AvgIpc) is 2.96. The van der Waals surface area contributed by atoms with Crippen LogP contribution >= 0.6 is 0 Å². The van der Waals surface area contributed by atoms with Crippen LogP contribution in [0.2, 0.25) is 0 Å². The molecular formula is C31H20F2N2O7. The zero-order chi connectivity index (χ0) is 30.0. The van der Waals surface area contributed by atoms with Gasteiger partial charge in [-0.3, -0.25) is 14.4 Å². The van der Waals surface area contributed by atoms with Gasteiger partial charge in [-0.15, -0.1) is 0 Å². The second-order valence-electron chi connectivity index (χ2n) is 9.08. The second kappa shape index (κ2) is 11.3. The predicted molar refractivity (Wildman–Crippen MR) is 153 cm³/mol. The number of benzene rings is 4. The largest absolute Gasteiger partial charge is 0.504 e. The van der Waals surface area contributed by atoms with Crippen LogP contribution in [0, 0.1) is 11.6 Å². The number of carbonyl (C=O) groups is 2. The summed E-state index contributed by atoms with van der Waals surface area (Å²) in [5, 5.41) is 34.2. The number of hydrogen-bond donors (Lipinski definition) is 5. The molecule has 0 aliphatic carbocycles. The first-order chi connectivity index (χ1) is 20.1. The van der Waals surface area contributed by atoms with E-state index in [9.17, 15) is 38.5 Å². The standard InChI is InChI=1S/C31H20F2N2O7/c32-22-6-1-16(11-23(22)33)2-9-28(38)34-18-4-7-26-20(14-18)30(40)21-15-19(5-8-27(21)42-26)35-29(39)10-3-17-12-24(36)31(41)25(37)13-17/h1-15,36-37,41H,(H,34,38)(H,35,39)/b9-2+,10-3+. The lowest BCUT2D eigenvalue weighted by atomic mass is 10.1. The van der Waals surface area contributed by atoms with Crippen molar-refractivity contribution in [1.82, 2.24) is 0 Å². The van der Waals surface area contributed by atoms with Gasteiger partial charge in [0.05, 0.1) is 10.8 Å². The Bertz CT molecular complexity index is 1990. The number of hydrogen-bond acceptors (Lipinski definition) is 7. The Balaban J connectivity index is 1.34. The van der Waals surface area contributed by atoms with E-state index in [0.717, 1.165) is 36.4 Å². The first kappa shape index (κ1) is 27.6. The molecule has 0 unspecified atom stereocenters. The van der Waals surface area contributed by atoms with Crippen LogP contribution in [0.4, 0.5) is 20.2 Å². The molecule has 5 aromatic rings. The second-order valence-corrected chi connectivity index (χ2v) is 9.08. The molecule has 11 heteroatoms. The van der Waals surface area contributed by atoms with E-state index in [0.29, 0.717) is 0 Å². The number of carbonyl (C=O) groups excluding carboxylic acids is 2. The van der Waals surface area contributed by atoms with Crippen LogP contribution in [-0.4, -0.2) is 27.1 Å². The van der Waals surface area contributed by atoms with Crippen molar-refractivity contribution >= 4 is 57.3 Å². The topological polar surface area (TPSA) is 149 Å². The SMILES string of the molecule is O=C(/C=C/c1cc(O)c(O)c(O)c1)Nc1ccc2oc3ccc(NC(=O)/C=C/c4ccc(F)c(F)c4)cc3c(=O)c2c1. The average molecular weight is 571 g/mol. The molecule has 0 aliphatic heterocycles. The molecule has 5 rings (SSSR count). The van der Waals surface area contributed by atoms with Crippen LogP contribution in [0.3, 0.4) is 0 Å². The number of anilines is 2. The normalized spacial score (nSPS) is 11.5. The van der Waals surface area contributed by atoms with Gasteiger partial charge in [-0.1, -0.05) is 6.07 Å². The van der Waals surface area contributed by atoms with Crippen molar-refractivity contribution in [2.24, 2.45) is 0 Å². The van der Waals surface area contributed by atoms with Crippen molar-refractivity contribution in [3.05, 3.63) is 112 Å². The maximum absolute atomic E-state index is 13.4. The molecule has 42 heavy (non-hydrogen) atoms. The number of halogens is 2. The van der Waals surface area contributed by atoms with Gasteiger partial charge in [0.15, 0.2) is 28.9 Å². The van der Waals surface area contributed by atoms with Gasteiger partial charge in [0.25, 0.3) is 0 Å². The van der Waals surface area contributed by atoms with Gasteiger partial charge in [-0.25, -0.2) is 8.78 Å². The molecule has 1 aromatic heterocycles. The first-order valence-corrected chi connectivity index (χ1v) is 12.3. The van der Waals surface area contributed by atoms with Gasteiger partial charge >= 0.3 is 0 Å². The molecule has 0 fully saturated rings. The van der Waals surface area contributed by atoms with E-state index in [1.54, 1.807) is 0 Å². The highest BCUT2D eigenvalue weighted by Gasteiger charge is 2.12. The molecule has 5 N–H and O–H groups in total. The van der Waals surface area contributed by atoms with Gasteiger partial charge in [0.1, 0.15) is 11.2 Å². The number of phenolic OH excluding ortho intramolecular Hbond substituents is 3. The third-order valence-corrected chi connectivity index (χ3v) is 6.09. The van der Waals surface area contributed by atoms with E-state index in [2.05, 4.69) is 10.6 Å². The van der Waals surface area contributed by atoms with Crippen molar-refractivity contribution in [2.75, 3.05) is 10.6 Å². The van der Waals surface area contributed by atoms with Crippen LogP contribution in [0.25, 0.3) is 34.1 Å². The number of rotatable bonds is 6. The molecule has 0 saturated carbocycles. The summed E-state index contributed by atoms with van der Waals surface area (Å²) < 4.78 is 32.3. The first-order valence-electron chi connectivity index (χ1n) is 12.3. The van der Waals surface area contributed by atoms with Crippen molar-refractivity contribution in [2.45, 2.75) is 0 Å². The van der Waals surface area contributed by atoms with Gasteiger partial charge in [0.2, 0.25) is 17.2 Å². The molecule has 0 atom stereocenters. The van der Waals surface area contributed by atoms with Gasteiger partial charge in [-0.2, -0.15) is 0 Å². The smallest absolute Gasteiger partial charge is 0.248 e. The van der Waals surface area contributed by atoms with E-state index in [4.69, 9.17) is 4.42 Å². The molecule has 0 saturated heterocycles. The highest BCUT2D eigenvalue weighted by atomic mass is 19.2. The quantitative estimate of drug-likeness (QED) is 0.101. The number of nitrogens with one attached hydrogen (secondary N) is 2. The zero-order valence-corrected chi connectivity index (χ0v) is 21.4. The fraction of sp³-hybridized carbons (Fsp3) is 0. The molecule has 0 spiro atoms. The molecule has 1 heterocycles. The third kappa shape index (κ3) is 5.94. The van der Waals surface area contributed by atoms with Gasteiger partial charge in [-0.05, 0) is 83.9 Å². The third-order valence-electron chi connectivity index (χ3n) is 6.09. The fourth-order valence-electron chi connectivity index (χ4n) is 4.06. The molecular weight excluding hydrogens is 550 g/mol. The van der Waals surface area contributed by atoms with Crippen LogP contribution in [0.5, 0.6) is 17.2 Å². The zero-order valence-electron chi connectivity index (χ0n) is 21.4. The summed E-state index contributed by atoms with van der Waals surface area (Å²) in [4.78, 5) is 38.1. The minimum Gasteiger partial charge on any atom is -0.504 e. The Labute approximate surface area is 235 Å². The fourth-order valence-corrected chi connectivity index (χ4v) is 4.06. The number of amides is 2. The number of phenols is 3. The maximum Gasteiger partial charge on any atom is 0.248 e. The molecule has 2 amide bonds. The summed E-state index contributed by atoms with van der Waals surface area (Å²) in [6, 6.07) is 14.5. The lowest BCUT2D eigenvalue weighted by Crippen LogP contribution is -2.10. The van der Waals surface area contributed by atoms with E-state index in [1.165, 1.54) is 54.6 Å². The minimum atomic E-state index is -1.04. The number of fused-ring (bicyclic) bond motifs is 2. The Kier molecular flexibility index (Phi) is 7.40. The summed E-state index contributed by atoms with van der Waals surface area (Å²) in [6.45, 7) is 0. The van der Waals surface area contributed by atoms with E-state index in [-0.39, 0.29) is 44.4 Å². The highest BCUT2D eigenvalue weighted by Crippen LogP contribution is 2.35. The van der Waals surface area contributed by atoms with Crippen LogP contribution < -0.4 is 16.1 Å². The molecule has 0 radical (unpaired) electrons. The molecule has 210 valence electrons. The summed E-state index contributed by atoms with van der Waals surface area (Å²) >= 11 is 0. The van der Waals surface area contributed by atoms with Crippen molar-refractivity contribution in [3.63, 3.8) is 0 Å². The lowest BCUT2D eigenvalue weighted by Gasteiger charge is -2.07. The van der Waals surface area contributed by atoms with E-state index in [1.807, 2.05) is 0 Å². The van der Waals surface area contributed by atoms with Crippen LogP contribution in [0.15, 0.2) is 88.1 Å². The van der Waals surface area contributed by atoms with E-state index < -0.39 is 46.1 Å². The van der Waals surface area contributed by atoms with Crippen molar-refractivity contribution < 1.29 is 38.1 Å². The van der Waals surface area contributed by atoms with Gasteiger partial charge in [0, 0.05) is 23.5 Å². The summed E-state index contributed by atoms with van der Waals surface area (Å²) in [5.74, 6) is -4.96. The Hall–Kier alpha value is -5.97. The van der Waals surface area contributed by atoms with Crippen LogP contribution in [-0.2, 0) is 9.59 Å². The lowest BCUT2D eigenvalue weighted by molar-refractivity contribution is -0.112. The molecule has 0 bridgehead atoms. The Morgan fingerprint density at radius 2 is 1.19 bits per heavy atom. The van der Waals surface area contributed by atoms with Gasteiger partial charge < -0.3 is 30.4 Å². The maximum atomic E-state index is 13.4. The minimum absolute atomic E-state index is 0.166. The molecule has 4 aromatic carbocycles. The highest BCUT2D eigenvalue weighted by molar-refractivity contribution is 6.04. The van der Waals surface area contributed by atoms with E-state index >= 15 is 0 Å². The van der Waals surface area contributed by atoms with Crippen LogP contribution in [0.1, 0.15) is 11.1 Å². The summed E-state index contributed by atoms with van der Waals surface area (Å²) in [6.07, 6.45) is 4.88. The summed E-state index contributed by atoms with van der Waals surface area (Å²) in [5.41, 5.74) is 1.23. The van der Waals surface area contributed by atoms with Crippen molar-refractivity contribution in [3.8, 4) is 17.2 Å². The summed E-state index contributed by atoms with van der Waals surface area (Å²) in [7, 11) is 0. The Morgan fingerprint density at radius 3 is 1.71 bits per heavy atom. The predicted octanol–water partition coefficient (Wildman–Crippen LogP) is 5.65. The van der Waals surface area contributed by atoms with Crippen molar-refractivity contribution in [1.29, 1.82) is 0 Å². The molecule has 9 nitrogen and oxygen atoms in total. The molecule has 0 aliphatic rings. The number of aromatic hydroxyl groups is 3. The monoisotopic (exact) mass is 570 g/mol.